The van der Waals surface area contributed by atoms with Gasteiger partial charge in [-0.15, -0.1) is 0 Å². The zero-order valence-corrected chi connectivity index (χ0v) is 15.9. The highest BCUT2D eigenvalue weighted by Gasteiger charge is 2.40. The fourth-order valence-corrected chi connectivity index (χ4v) is 4.58. The van der Waals surface area contributed by atoms with E-state index < -0.39 is 53.0 Å². The van der Waals surface area contributed by atoms with E-state index in [-0.39, 0.29) is 22.2 Å². The van der Waals surface area contributed by atoms with Crippen LogP contribution in [0.1, 0.15) is 32.3 Å². The van der Waals surface area contributed by atoms with Gasteiger partial charge in [-0.25, -0.2) is 16.8 Å². The molecule has 0 bridgehead atoms. The van der Waals surface area contributed by atoms with Gasteiger partial charge in [0, 0.05) is 16.5 Å². The number of carbonyl (C=O) groups is 2. The first-order valence-corrected chi connectivity index (χ1v) is 10.8. The number of rotatable bonds is 3. The maximum Gasteiger partial charge on any atom is 0.180 e. The zero-order chi connectivity index (χ0) is 21.1. The molecule has 11 heteroatoms. The largest absolute Gasteiger partial charge is 0.744 e. The van der Waals surface area contributed by atoms with Crippen LogP contribution >= 0.6 is 0 Å². The maximum atomic E-state index is 12.6. The monoisotopic (exact) mass is 431 g/mol. The summed E-state index contributed by atoms with van der Waals surface area (Å²) in [5, 5.41) is -0.115. The van der Waals surface area contributed by atoms with Crippen LogP contribution in [0.2, 0.25) is 0 Å². The van der Waals surface area contributed by atoms with E-state index in [4.69, 9.17) is 0 Å². The Kier molecular flexibility index (Phi) is 4.17. The molecular formula is C18H9NO8S2-2. The quantitative estimate of drug-likeness (QED) is 0.438. The molecule has 29 heavy (non-hydrogen) atoms. The van der Waals surface area contributed by atoms with Crippen LogP contribution in [0.15, 0.2) is 58.3 Å². The van der Waals surface area contributed by atoms with Gasteiger partial charge in [0.05, 0.1) is 21.0 Å². The smallest absolute Gasteiger partial charge is 0.180 e. The molecular weight excluding hydrogens is 422 g/mol. The van der Waals surface area contributed by atoms with Gasteiger partial charge >= 0.3 is 0 Å². The van der Waals surface area contributed by atoms with E-state index in [1.165, 1.54) is 24.3 Å². The van der Waals surface area contributed by atoms with Crippen molar-refractivity contribution >= 4 is 42.7 Å². The average Bonchev–Trinajstić information content (AvgIpc) is 2.90. The number of ketones is 2. The van der Waals surface area contributed by atoms with E-state index in [9.17, 15) is 35.5 Å². The molecule has 0 unspecified atom stereocenters. The Labute approximate surface area is 164 Å². The van der Waals surface area contributed by atoms with Crippen LogP contribution < -0.4 is 0 Å². The Morgan fingerprint density at radius 2 is 1.38 bits per heavy atom. The summed E-state index contributed by atoms with van der Waals surface area (Å²) in [6.07, 6.45) is 0. The van der Waals surface area contributed by atoms with Gasteiger partial charge in [0.25, 0.3) is 0 Å². The molecule has 1 aliphatic rings. The van der Waals surface area contributed by atoms with Crippen molar-refractivity contribution in [2.75, 3.05) is 0 Å². The highest BCUT2D eigenvalue weighted by Crippen LogP contribution is 2.35. The summed E-state index contributed by atoms with van der Waals surface area (Å²) in [5.41, 5.74) is -0.115. The molecule has 0 fully saturated rings. The highest BCUT2D eigenvalue weighted by molar-refractivity contribution is 7.86. The van der Waals surface area contributed by atoms with E-state index in [1.54, 1.807) is 12.1 Å². The van der Waals surface area contributed by atoms with Gasteiger partial charge in [-0.2, -0.15) is 0 Å². The summed E-state index contributed by atoms with van der Waals surface area (Å²) in [7, 11) is -10.3. The number of nitrogens with zero attached hydrogens (tertiary/aromatic N) is 1. The molecule has 148 valence electrons. The van der Waals surface area contributed by atoms with Crippen LogP contribution in [0.25, 0.3) is 10.9 Å². The Hall–Kier alpha value is -2.99. The van der Waals surface area contributed by atoms with Crippen molar-refractivity contribution in [1.29, 1.82) is 0 Å². The lowest BCUT2D eigenvalue weighted by Gasteiger charge is -2.16. The predicted octanol–water partition coefficient (Wildman–Crippen LogP) is 1.21. The van der Waals surface area contributed by atoms with Crippen LogP contribution in [0.4, 0.5) is 0 Å². The number of fused-ring (bicyclic) bond motifs is 2. The number of hydrogen-bond donors (Lipinski definition) is 0. The van der Waals surface area contributed by atoms with Crippen molar-refractivity contribution in [3.8, 4) is 0 Å². The lowest BCUT2D eigenvalue weighted by Crippen LogP contribution is -2.15. The lowest BCUT2D eigenvalue weighted by atomic mass is 9.98. The number of carbonyl (C=O) groups excluding carboxylic acids is 2. The minimum atomic E-state index is -5.22. The third kappa shape index (κ3) is 3.13. The zero-order valence-electron chi connectivity index (χ0n) is 14.2. The third-order valence-electron chi connectivity index (χ3n) is 4.59. The SMILES string of the molecule is O=C1c2ccccc2C(=O)C1c1ccc2cc(S(=O)(=O)[O-])cc(S(=O)(=O)[O-])c2n1. The summed E-state index contributed by atoms with van der Waals surface area (Å²) in [5.74, 6) is -2.37. The first kappa shape index (κ1) is 19.3. The Morgan fingerprint density at radius 1 is 0.793 bits per heavy atom. The van der Waals surface area contributed by atoms with Gasteiger partial charge < -0.3 is 9.11 Å². The number of aromatic nitrogens is 1. The molecule has 0 atom stereocenters. The average molecular weight is 431 g/mol. The van der Waals surface area contributed by atoms with E-state index in [1.807, 2.05) is 0 Å². The molecule has 0 aliphatic heterocycles. The van der Waals surface area contributed by atoms with Gasteiger partial charge in [0.1, 0.15) is 26.2 Å². The first-order valence-electron chi connectivity index (χ1n) is 8.02. The fraction of sp³-hybridized carbons (Fsp3) is 0.0556. The summed E-state index contributed by atoms with van der Waals surface area (Å²) in [6.45, 7) is 0. The van der Waals surface area contributed by atoms with E-state index in [2.05, 4.69) is 4.98 Å². The standard InChI is InChI=1S/C18H11NO8S2/c20-17-11-3-1-2-4-12(11)18(21)15(17)13-6-5-9-7-10(28(22,23)24)8-14(16(9)19-13)29(25,26)27/h1-8,15H,(H,22,23,24)(H,25,26,27)/p-2. The van der Waals surface area contributed by atoms with Crippen molar-refractivity contribution in [2.45, 2.75) is 15.7 Å². The third-order valence-corrected chi connectivity index (χ3v) is 6.25. The van der Waals surface area contributed by atoms with Crippen LogP contribution in [-0.4, -0.2) is 42.5 Å². The van der Waals surface area contributed by atoms with E-state index >= 15 is 0 Å². The predicted molar refractivity (Wildman–Crippen MR) is 95.5 cm³/mol. The minimum absolute atomic E-state index is 0.0914. The second-order valence-electron chi connectivity index (χ2n) is 6.34. The molecule has 1 aromatic heterocycles. The van der Waals surface area contributed by atoms with Gasteiger partial charge in [-0.1, -0.05) is 30.3 Å². The van der Waals surface area contributed by atoms with Gasteiger partial charge in [0.15, 0.2) is 11.6 Å². The Bertz CT molecular complexity index is 1410. The molecule has 3 aromatic rings. The van der Waals surface area contributed by atoms with Crippen molar-refractivity contribution in [3.63, 3.8) is 0 Å². The van der Waals surface area contributed by atoms with Gasteiger partial charge in [-0.3, -0.25) is 14.6 Å². The molecule has 2 aromatic carbocycles. The van der Waals surface area contributed by atoms with Crippen LogP contribution in [0.3, 0.4) is 0 Å². The highest BCUT2D eigenvalue weighted by atomic mass is 32.2. The lowest BCUT2D eigenvalue weighted by molar-refractivity contribution is 0.0888. The second-order valence-corrected chi connectivity index (χ2v) is 9.07. The normalized spacial score (nSPS) is 15.1. The van der Waals surface area contributed by atoms with E-state index in [0.717, 1.165) is 6.07 Å². The summed E-state index contributed by atoms with van der Waals surface area (Å²) < 4.78 is 68.8. The Morgan fingerprint density at radius 3 is 1.90 bits per heavy atom. The molecule has 9 nitrogen and oxygen atoms in total. The summed E-state index contributed by atoms with van der Waals surface area (Å²) in [6, 6.07) is 9.89. The van der Waals surface area contributed by atoms with Crippen LogP contribution in [0.5, 0.6) is 0 Å². The molecule has 1 heterocycles. The molecule has 0 radical (unpaired) electrons. The first-order chi connectivity index (χ1) is 13.5. The van der Waals surface area contributed by atoms with Crippen LogP contribution in [-0.2, 0) is 20.2 Å². The number of Topliss-reactive ketones (excluding diaryl/α,β-unsaturated/α-hetero) is 2. The van der Waals surface area contributed by atoms with E-state index in [0.29, 0.717) is 6.07 Å². The molecule has 4 rings (SSSR count). The molecule has 0 saturated carbocycles. The second kappa shape index (κ2) is 6.26. The Balaban J connectivity index is 1.96. The topological polar surface area (TPSA) is 161 Å². The maximum absolute atomic E-state index is 12.6. The number of benzene rings is 2. The molecule has 0 saturated heterocycles. The van der Waals surface area contributed by atoms with Crippen LogP contribution in [0, 0.1) is 0 Å². The summed E-state index contributed by atoms with van der Waals surface area (Å²) in [4.78, 5) is 27.4. The molecule has 0 spiro atoms. The molecule has 0 amide bonds. The molecule has 1 aliphatic carbocycles. The fourth-order valence-electron chi connectivity index (χ4n) is 3.30. The minimum Gasteiger partial charge on any atom is -0.744 e. The number of hydrogen-bond acceptors (Lipinski definition) is 9. The van der Waals surface area contributed by atoms with Crippen molar-refractivity contribution in [3.05, 3.63) is 65.4 Å². The number of pyridine rings is 1. The van der Waals surface area contributed by atoms with Crippen molar-refractivity contribution in [2.24, 2.45) is 0 Å². The van der Waals surface area contributed by atoms with Gasteiger partial charge in [-0.05, 0) is 18.2 Å². The van der Waals surface area contributed by atoms with Crippen molar-refractivity contribution in [1.82, 2.24) is 4.98 Å². The van der Waals surface area contributed by atoms with Crippen molar-refractivity contribution < 1.29 is 35.5 Å². The molecule has 0 N–H and O–H groups in total. The summed E-state index contributed by atoms with van der Waals surface area (Å²) >= 11 is 0. The van der Waals surface area contributed by atoms with Gasteiger partial charge in [0.2, 0.25) is 0 Å².